The molecule has 1 fully saturated rings. The molecule has 0 radical (unpaired) electrons. The fourth-order valence-electron chi connectivity index (χ4n) is 1.76. The van der Waals surface area contributed by atoms with Crippen LogP contribution in [0.25, 0.3) is 0 Å². The lowest BCUT2D eigenvalue weighted by Crippen LogP contribution is -2.26. The first-order valence-corrected chi connectivity index (χ1v) is 8.04. The molecule has 1 amide bonds. The first-order valence-electron chi connectivity index (χ1n) is 4.87. The minimum atomic E-state index is -3.69. The Kier molecular flexibility index (Phi) is 3.47. The van der Waals surface area contributed by atoms with Crippen LogP contribution in [0.5, 0.6) is 0 Å². The van der Waals surface area contributed by atoms with Crippen LogP contribution >= 0.6 is 26.6 Å². The first-order chi connectivity index (χ1) is 7.88. The number of benzene rings is 1. The molecule has 1 unspecified atom stereocenters. The van der Waals surface area contributed by atoms with Crippen molar-refractivity contribution in [1.82, 2.24) is 0 Å². The third-order valence-corrected chi connectivity index (χ3v) is 4.97. The molecule has 1 atom stereocenters. The maximum Gasteiger partial charge on any atom is 0.237 e. The average molecular weight is 339 g/mol. The number of amides is 1. The molecule has 1 aromatic rings. The smallest absolute Gasteiger partial charge is 0.237 e. The number of rotatable bonds is 2. The van der Waals surface area contributed by atoms with Crippen molar-refractivity contribution in [3.8, 4) is 0 Å². The SMILES string of the molecule is O=C1CC(S(=O)(=O)Cl)CN1c1cccc(Br)c1. The Morgan fingerprint density at radius 2 is 2.12 bits per heavy atom. The zero-order valence-corrected chi connectivity index (χ0v) is 11.8. The molecular formula is C10H9BrClNO3S. The molecule has 92 valence electrons. The standard InChI is InChI=1S/C10H9BrClNO3S/c11-7-2-1-3-8(4-7)13-6-9(5-10(13)14)17(12,15)16/h1-4,9H,5-6H2. The van der Waals surface area contributed by atoms with Crippen molar-refractivity contribution in [3.05, 3.63) is 28.7 Å². The molecule has 7 heteroatoms. The summed E-state index contributed by atoms with van der Waals surface area (Å²) in [6.07, 6.45) is -0.0572. The van der Waals surface area contributed by atoms with Crippen molar-refractivity contribution in [2.75, 3.05) is 11.4 Å². The van der Waals surface area contributed by atoms with E-state index in [2.05, 4.69) is 15.9 Å². The van der Waals surface area contributed by atoms with Crippen LogP contribution in [0.4, 0.5) is 5.69 Å². The van der Waals surface area contributed by atoms with E-state index < -0.39 is 14.3 Å². The maximum atomic E-state index is 11.7. The summed E-state index contributed by atoms with van der Waals surface area (Å²) in [7, 11) is 1.58. The van der Waals surface area contributed by atoms with Crippen LogP contribution in [0, 0.1) is 0 Å². The lowest BCUT2D eigenvalue weighted by Gasteiger charge is -2.16. The topological polar surface area (TPSA) is 54.5 Å². The van der Waals surface area contributed by atoms with Crippen molar-refractivity contribution < 1.29 is 13.2 Å². The van der Waals surface area contributed by atoms with Crippen molar-refractivity contribution in [2.45, 2.75) is 11.7 Å². The van der Waals surface area contributed by atoms with Crippen LogP contribution in [-0.2, 0) is 13.8 Å². The van der Waals surface area contributed by atoms with Crippen LogP contribution in [0.1, 0.15) is 6.42 Å². The molecule has 0 aromatic heterocycles. The molecule has 1 heterocycles. The van der Waals surface area contributed by atoms with Crippen LogP contribution < -0.4 is 4.90 Å². The Hall–Kier alpha value is -0.590. The van der Waals surface area contributed by atoms with E-state index in [1.807, 2.05) is 6.07 Å². The summed E-state index contributed by atoms with van der Waals surface area (Å²) >= 11 is 3.30. The second kappa shape index (κ2) is 4.59. The van der Waals surface area contributed by atoms with Gasteiger partial charge in [0.2, 0.25) is 15.0 Å². The summed E-state index contributed by atoms with van der Waals surface area (Å²) < 4.78 is 23.2. The van der Waals surface area contributed by atoms with Gasteiger partial charge in [-0.05, 0) is 18.2 Å². The van der Waals surface area contributed by atoms with Crippen LogP contribution in [0.15, 0.2) is 28.7 Å². The zero-order chi connectivity index (χ0) is 12.6. The second-order valence-corrected chi connectivity index (χ2v) is 7.61. The number of hydrogen-bond acceptors (Lipinski definition) is 3. The van der Waals surface area contributed by atoms with E-state index in [0.29, 0.717) is 5.69 Å². The largest absolute Gasteiger partial charge is 0.311 e. The molecule has 0 N–H and O–H groups in total. The lowest BCUT2D eigenvalue weighted by molar-refractivity contribution is -0.117. The fraction of sp³-hybridized carbons (Fsp3) is 0.300. The summed E-state index contributed by atoms with van der Waals surface area (Å²) in [5, 5.41) is -0.823. The Labute approximate surface area is 112 Å². The summed E-state index contributed by atoms with van der Waals surface area (Å²) in [4.78, 5) is 13.2. The number of hydrogen-bond donors (Lipinski definition) is 0. The van der Waals surface area contributed by atoms with Gasteiger partial charge in [0, 0.05) is 33.8 Å². The summed E-state index contributed by atoms with van der Waals surface area (Å²) in [5.74, 6) is -0.225. The summed E-state index contributed by atoms with van der Waals surface area (Å²) in [5.41, 5.74) is 0.673. The second-order valence-electron chi connectivity index (χ2n) is 3.79. The number of carbonyl (C=O) groups excluding carboxylic acids is 1. The van der Waals surface area contributed by atoms with E-state index in [9.17, 15) is 13.2 Å². The monoisotopic (exact) mass is 337 g/mol. The van der Waals surface area contributed by atoms with Gasteiger partial charge in [0.25, 0.3) is 0 Å². The number of nitrogens with zero attached hydrogens (tertiary/aromatic N) is 1. The first kappa shape index (κ1) is 12.9. The highest BCUT2D eigenvalue weighted by Gasteiger charge is 2.37. The van der Waals surface area contributed by atoms with Gasteiger partial charge in [-0.3, -0.25) is 4.79 Å². The minimum Gasteiger partial charge on any atom is -0.311 e. The van der Waals surface area contributed by atoms with E-state index in [0.717, 1.165) is 4.47 Å². The molecule has 1 aliphatic heterocycles. The van der Waals surface area contributed by atoms with Gasteiger partial charge in [-0.25, -0.2) is 8.42 Å². The molecule has 1 saturated heterocycles. The normalized spacial score (nSPS) is 20.9. The quantitative estimate of drug-likeness (QED) is 0.776. The van der Waals surface area contributed by atoms with Crippen molar-refractivity contribution in [3.63, 3.8) is 0 Å². The van der Waals surface area contributed by atoms with Gasteiger partial charge < -0.3 is 4.90 Å². The van der Waals surface area contributed by atoms with E-state index in [4.69, 9.17) is 10.7 Å². The van der Waals surface area contributed by atoms with Crippen molar-refractivity contribution in [1.29, 1.82) is 0 Å². The molecular weight excluding hydrogens is 330 g/mol. The summed E-state index contributed by atoms with van der Waals surface area (Å²) in [6.45, 7) is 0.112. The molecule has 0 bridgehead atoms. The highest BCUT2D eigenvalue weighted by atomic mass is 79.9. The number of anilines is 1. The van der Waals surface area contributed by atoms with E-state index in [-0.39, 0.29) is 18.9 Å². The van der Waals surface area contributed by atoms with Gasteiger partial charge in [-0.15, -0.1) is 0 Å². The van der Waals surface area contributed by atoms with Crippen LogP contribution in [0.3, 0.4) is 0 Å². The van der Waals surface area contributed by atoms with Gasteiger partial charge >= 0.3 is 0 Å². The van der Waals surface area contributed by atoms with Crippen LogP contribution in [0.2, 0.25) is 0 Å². The molecule has 2 rings (SSSR count). The summed E-state index contributed by atoms with van der Waals surface area (Å²) in [6, 6.07) is 7.14. The highest BCUT2D eigenvalue weighted by Crippen LogP contribution is 2.28. The number of carbonyl (C=O) groups is 1. The Morgan fingerprint density at radius 3 is 2.65 bits per heavy atom. The third-order valence-electron chi connectivity index (χ3n) is 2.61. The van der Waals surface area contributed by atoms with Crippen molar-refractivity contribution >= 4 is 47.3 Å². The fourth-order valence-corrected chi connectivity index (χ4v) is 3.17. The molecule has 0 spiro atoms. The molecule has 17 heavy (non-hydrogen) atoms. The van der Waals surface area contributed by atoms with E-state index >= 15 is 0 Å². The third kappa shape index (κ3) is 2.81. The lowest BCUT2D eigenvalue weighted by atomic mass is 10.3. The minimum absolute atomic E-state index is 0.0572. The molecule has 0 saturated carbocycles. The zero-order valence-electron chi connectivity index (χ0n) is 8.64. The van der Waals surface area contributed by atoms with E-state index in [1.54, 1.807) is 18.2 Å². The maximum absolute atomic E-state index is 11.7. The van der Waals surface area contributed by atoms with Gasteiger partial charge in [0.05, 0.1) is 0 Å². The van der Waals surface area contributed by atoms with Gasteiger partial charge in [-0.1, -0.05) is 22.0 Å². The van der Waals surface area contributed by atoms with Gasteiger partial charge in [-0.2, -0.15) is 0 Å². The molecule has 4 nitrogen and oxygen atoms in total. The Morgan fingerprint density at radius 1 is 1.41 bits per heavy atom. The predicted octanol–water partition coefficient (Wildman–Crippen LogP) is 2.12. The molecule has 1 aromatic carbocycles. The molecule has 1 aliphatic rings. The highest BCUT2D eigenvalue weighted by molar-refractivity contribution is 9.10. The predicted molar refractivity (Wildman–Crippen MR) is 69.7 cm³/mol. The Bertz CT molecular complexity index is 560. The van der Waals surface area contributed by atoms with Crippen molar-refractivity contribution in [2.24, 2.45) is 0 Å². The Balaban J connectivity index is 2.28. The van der Waals surface area contributed by atoms with Gasteiger partial charge in [0.1, 0.15) is 5.25 Å². The van der Waals surface area contributed by atoms with Gasteiger partial charge in [0.15, 0.2) is 0 Å². The number of halogens is 2. The molecule has 0 aliphatic carbocycles. The average Bonchev–Trinajstić information content (AvgIpc) is 2.60. The van der Waals surface area contributed by atoms with Crippen LogP contribution in [-0.4, -0.2) is 26.1 Å². The van der Waals surface area contributed by atoms with E-state index in [1.165, 1.54) is 4.90 Å².